The monoisotopic (exact) mass is 534 g/mol. The average molecular weight is 535 g/mol. The van der Waals surface area contributed by atoms with E-state index in [0.717, 1.165) is 24.3 Å². The van der Waals surface area contributed by atoms with E-state index >= 15 is 0 Å². The van der Waals surface area contributed by atoms with Crippen LogP contribution in [0.15, 0.2) is 73.1 Å². The molecule has 13 heteroatoms. The summed E-state index contributed by atoms with van der Waals surface area (Å²) in [5.74, 6) is -0.0498. The lowest BCUT2D eigenvalue weighted by atomic mass is 10.0. The van der Waals surface area contributed by atoms with Crippen molar-refractivity contribution in [1.29, 1.82) is 0 Å². The number of benzene rings is 2. The van der Waals surface area contributed by atoms with Crippen molar-refractivity contribution in [1.82, 2.24) is 24.8 Å². The van der Waals surface area contributed by atoms with Gasteiger partial charge in [0.15, 0.2) is 0 Å². The molecule has 0 spiro atoms. The van der Waals surface area contributed by atoms with Crippen LogP contribution in [0.5, 0.6) is 0 Å². The third-order valence-electron chi connectivity index (χ3n) is 5.32. The van der Waals surface area contributed by atoms with Gasteiger partial charge in [0.25, 0.3) is 0 Å². The summed E-state index contributed by atoms with van der Waals surface area (Å²) in [7, 11) is 0. The summed E-state index contributed by atoms with van der Waals surface area (Å²) in [6, 6.07) is 12.7. The number of nitrogens with zero attached hydrogens (tertiary/aromatic N) is 5. The van der Waals surface area contributed by atoms with Gasteiger partial charge in [-0.25, -0.2) is 9.97 Å². The van der Waals surface area contributed by atoms with Crippen molar-refractivity contribution in [2.75, 3.05) is 5.32 Å². The molecule has 0 bridgehead atoms. The Morgan fingerprint density at radius 3 is 2.41 bits per heavy atom. The Labute approximate surface area is 209 Å². The van der Waals surface area contributed by atoms with E-state index in [0.29, 0.717) is 11.1 Å². The second-order valence-corrected chi connectivity index (χ2v) is 8.19. The van der Waals surface area contributed by atoms with Gasteiger partial charge in [0.1, 0.15) is 5.69 Å². The SMILES string of the molecule is FC(F)(F)c1cccc(-c2nn3ncccc3c2-c2ccnc(Nc3ccc(Cl)c(C(F)(F)F)c3)n2)c1. The van der Waals surface area contributed by atoms with Crippen LogP contribution in [0.1, 0.15) is 11.1 Å². The lowest BCUT2D eigenvalue weighted by Gasteiger charge is -2.12. The number of nitrogens with one attached hydrogen (secondary N) is 1. The maximum atomic E-state index is 13.4. The predicted octanol–water partition coefficient (Wildman–Crippen LogP) is 7.29. The van der Waals surface area contributed by atoms with Gasteiger partial charge in [0.2, 0.25) is 5.95 Å². The Kier molecular flexibility index (Phi) is 5.98. The smallest absolute Gasteiger partial charge is 0.324 e. The lowest BCUT2D eigenvalue weighted by molar-refractivity contribution is -0.138. The highest BCUT2D eigenvalue weighted by Crippen LogP contribution is 2.38. The van der Waals surface area contributed by atoms with Crippen LogP contribution in [0.3, 0.4) is 0 Å². The first kappa shape index (κ1) is 24.5. The topological polar surface area (TPSA) is 68.0 Å². The maximum absolute atomic E-state index is 13.4. The van der Waals surface area contributed by atoms with Crippen LogP contribution in [-0.4, -0.2) is 24.8 Å². The van der Waals surface area contributed by atoms with Gasteiger partial charge in [0.05, 0.1) is 32.9 Å². The Balaban J connectivity index is 1.60. The van der Waals surface area contributed by atoms with Gasteiger partial charge in [0, 0.05) is 23.6 Å². The van der Waals surface area contributed by atoms with Crippen molar-refractivity contribution in [3.63, 3.8) is 0 Å². The summed E-state index contributed by atoms with van der Waals surface area (Å²) >= 11 is 5.68. The molecule has 0 aliphatic heterocycles. The average Bonchev–Trinajstić information content (AvgIpc) is 3.24. The second kappa shape index (κ2) is 9.04. The summed E-state index contributed by atoms with van der Waals surface area (Å²) in [4.78, 5) is 8.45. The summed E-state index contributed by atoms with van der Waals surface area (Å²) in [5, 5.41) is 10.7. The molecule has 3 aromatic heterocycles. The zero-order valence-electron chi connectivity index (χ0n) is 18.3. The van der Waals surface area contributed by atoms with E-state index in [-0.39, 0.29) is 28.6 Å². The molecule has 3 heterocycles. The normalized spacial score (nSPS) is 12.2. The molecule has 2 aromatic carbocycles. The fourth-order valence-electron chi connectivity index (χ4n) is 3.70. The van der Waals surface area contributed by atoms with Gasteiger partial charge < -0.3 is 5.32 Å². The molecule has 0 atom stereocenters. The van der Waals surface area contributed by atoms with E-state index in [1.165, 1.54) is 41.3 Å². The summed E-state index contributed by atoms with van der Waals surface area (Å²) in [6.07, 6.45) is -6.40. The van der Waals surface area contributed by atoms with Crippen molar-refractivity contribution >= 4 is 28.8 Å². The zero-order valence-corrected chi connectivity index (χ0v) is 19.1. The summed E-state index contributed by atoms with van der Waals surface area (Å²) in [6.45, 7) is 0. The molecule has 188 valence electrons. The Morgan fingerprint density at radius 1 is 0.838 bits per heavy atom. The van der Waals surface area contributed by atoms with Gasteiger partial charge >= 0.3 is 12.4 Å². The summed E-state index contributed by atoms with van der Waals surface area (Å²) < 4.78 is 81.1. The largest absolute Gasteiger partial charge is 0.417 e. The van der Waals surface area contributed by atoms with E-state index in [2.05, 4.69) is 25.5 Å². The van der Waals surface area contributed by atoms with Crippen molar-refractivity contribution in [3.8, 4) is 22.5 Å². The van der Waals surface area contributed by atoms with E-state index in [1.807, 2.05) is 0 Å². The highest BCUT2D eigenvalue weighted by atomic mass is 35.5. The molecule has 0 unspecified atom stereocenters. The highest BCUT2D eigenvalue weighted by molar-refractivity contribution is 6.31. The van der Waals surface area contributed by atoms with Crippen molar-refractivity contribution in [3.05, 3.63) is 89.2 Å². The third-order valence-corrected chi connectivity index (χ3v) is 5.65. The molecule has 0 aliphatic carbocycles. The van der Waals surface area contributed by atoms with Gasteiger partial charge in [-0.2, -0.15) is 36.1 Å². The number of halogens is 7. The third kappa shape index (κ3) is 4.92. The minimum absolute atomic E-state index is 0.0357. The molecule has 5 aromatic rings. The minimum Gasteiger partial charge on any atom is -0.324 e. The first-order chi connectivity index (χ1) is 17.5. The number of hydrogen-bond donors (Lipinski definition) is 1. The maximum Gasteiger partial charge on any atom is 0.417 e. The van der Waals surface area contributed by atoms with E-state index in [1.54, 1.807) is 12.1 Å². The standard InChI is InChI=1S/C24H13ClF6N6/c25-17-7-6-15(12-16(17)24(29,30)31)34-22-32-10-8-18(35-22)20-19-5-2-9-33-37(19)36-21(20)13-3-1-4-14(11-13)23(26,27)28/h1-12H,(H,32,34,35). The molecule has 0 saturated heterocycles. The van der Waals surface area contributed by atoms with Crippen molar-refractivity contribution in [2.45, 2.75) is 12.4 Å². The zero-order chi connectivity index (χ0) is 26.4. The summed E-state index contributed by atoms with van der Waals surface area (Å²) in [5.41, 5.74) is -0.414. The van der Waals surface area contributed by atoms with Crippen LogP contribution in [0.4, 0.5) is 38.0 Å². The van der Waals surface area contributed by atoms with Crippen LogP contribution in [-0.2, 0) is 12.4 Å². The number of alkyl halides is 6. The number of hydrogen-bond acceptors (Lipinski definition) is 5. The van der Waals surface area contributed by atoms with E-state index in [9.17, 15) is 26.3 Å². The van der Waals surface area contributed by atoms with E-state index < -0.39 is 28.5 Å². The molecule has 37 heavy (non-hydrogen) atoms. The van der Waals surface area contributed by atoms with Crippen LogP contribution in [0.2, 0.25) is 5.02 Å². The van der Waals surface area contributed by atoms with E-state index in [4.69, 9.17) is 11.6 Å². The van der Waals surface area contributed by atoms with Crippen LogP contribution in [0.25, 0.3) is 28.0 Å². The van der Waals surface area contributed by atoms with Crippen molar-refractivity contribution < 1.29 is 26.3 Å². The molecule has 5 rings (SSSR count). The van der Waals surface area contributed by atoms with Gasteiger partial charge in [-0.1, -0.05) is 23.7 Å². The second-order valence-electron chi connectivity index (χ2n) is 7.78. The molecule has 1 N–H and O–H groups in total. The minimum atomic E-state index is -4.67. The Bertz CT molecular complexity index is 1610. The Hall–Kier alpha value is -4.19. The van der Waals surface area contributed by atoms with Crippen LogP contribution in [0, 0.1) is 0 Å². The predicted molar refractivity (Wildman–Crippen MR) is 124 cm³/mol. The fourth-order valence-corrected chi connectivity index (χ4v) is 3.92. The molecule has 0 radical (unpaired) electrons. The number of rotatable bonds is 4. The van der Waals surface area contributed by atoms with Crippen molar-refractivity contribution in [2.24, 2.45) is 0 Å². The quantitative estimate of drug-likeness (QED) is 0.245. The number of fused-ring (bicyclic) bond motifs is 1. The lowest BCUT2D eigenvalue weighted by Crippen LogP contribution is -2.07. The highest BCUT2D eigenvalue weighted by Gasteiger charge is 2.33. The van der Waals surface area contributed by atoms with Gasteiger partial charge in [-0.3, -0.25) is 0 Å². The molecule has 0 fully saturated rings. The Morgan fingerprint density at radius 2 is 1.65 bits per heavy atom. The number of anilines is 2. The molecule has 6 nitrogen and oxygen atoms in total. The molecular weight excluding hydrogens is 522 g/mol. The molecular formula is C24H13ClF6N6. The molecule has 0 saturated carbocycles. The number of aromatic nitrogens is 5. The van der Waals surface area contributed by atoms with Crippen LogP contribution < -0.4 is 5.32 Å². The first-order valence-electron chi connectivity index (χ1n) is 10.5. The van der Waals surface area contributed by atoms with Gasteiger partial charge in [-0.15, -0.1) is 5.10 Å². The fraction of sp³-hybridized carbons (Fsp3) is 0.0833. The van der Waals surface area contributed by atoms with Gasteiger partial charge in [-0.05, 0) is 48.5 Å². The van der Waals surface area contributed by atoms with Crippen LogP contribution >= 0.6 is 11.6 Å². The molecule has 0 amide bonds. The molecule has 0 aliphatic rings. The first-order valence-corrected chi connectivity index (χ1v) is 10.9.